The van der Waals surface area contributed by atoms with E-state index in [4.69, 9.17) is 9.47 Å². The van der Waals surface area contributed by atoms with Gasteiger partial charge in [-0.3, -0.25) is 4.79 Å². The molecule has 1 amide bonds. The van der Waals surface area contributed by atoms with Gasteiger partial charge in [0.15, 0.2) is 11.5 Å². The van der Waals surface area contributed by atoms with Crippen molar-refractivity contribution in [2.45, 2.75) is 38.1 Å². The summed E-state index contributed by atoms with van der Waals surface area (Å²) in [6.07, 6.45) is 4.50. The lowest BCUT2D eigenvalue weighted by Crippen LogP contribution is -2.49. The van der Waals surface area contributed by atoms with Gasteiger partial charge in [-0.05, 0) is 55.5 Å². The summed E-state index contributed by atoms with van der Waals surface area (Å²) in [5, 5.41) is 0. The minimum atomic E-state index is 0.208. The number of hydrogen-bond acceptors (Lipinski definition) is 4. The van der Waals surface area contributed by atoms with Crippen LogP contribution >= 0.6 is 0 Å². The summed E-state index contributed by atoms with van der Waals surface area (Å²) in [6.45, 7) is 3.14. The number of carbonyl (C=O) groups excluding carboxylic acids is 1. The standard InChI is InChI=1S/C25H34N2O3/c1-26(25(28)14-12-21-11-13-23(29-2)24(18-21)30-3)22-10-7-16-27(19-22)17-15-20-8-5-4-6-9-20/h4-6,8-9,11,13,18,22H,7,10,12,14-17,19H2,1-3H3/t22-/m0/s1. The van der Waals surface area contributed by atoms with E-state index < -0.39 is 0 Å². The molecule has 1 fully saturated rings. The Morgan fingerprint density at radius 1 is 1.03 bits per heavy atom. The van der Waals surface area contributed by atoms with E-state index in [1.807, 2.05) is 30.1 Å². The molecule has 0 radical (unpaired) electrons. The average Bonchev–Trinajstić information content (AvgIpc) is 2.81. The van der Waals surface area contributed by atoms with E-state index >= 15 is 0 Å². The fourth-order valence-electron chi connectivity index (χ4n) is 4.15. The van der Waals surface area contributed by atoms with Gasteiger partial charge < -0.3 is 19.3 Å². The molecule has 1 saturated heterocycles. The molecule has 162 valence electrons. The molecule has 0 spiro atoms. The van der Waals surface area contributed by atoms with Crippen molar-refractivity contribution in [2.75, 3.05) is 40.9 Å². The second-order valence-corrected chi connectivity index (χ2v) is 8.03. The van der Waals surface area contributed by atoms with E-state index in [0.29, 0.717) is 30.4 Å². The Labute approximate surface area is 180 Å². The molecule has 1 aliphatic rings. The minimum Gasteiger partial charge on any atom is -0.493 e. The number of amides is 1. The SMILES string of the molecule is COc1ccc(CCC(=O)N(C)[C@H]2CCCN(CCc3ccccc3)C2)cc1OC. The summed E-state index contributed by atoms with van der Waals surface area (Å²) >= 11 is 0. The van der Waals surface area contributed by atoms with E-state index in [-0.39, 0.29) is 5.91 Å². The second kappa shape index (κ2) is 11.0. The number of benzene rings is 2. The van der Waals surface area contributed by atoms with Crippen LogP contribution in [-0.4, -0.2) is 62.7 Å². The third-order valence-electron chi connectivity index (χ3n) is 6.06. The van der Waals surface area contributed by atoms with Crippen LogP contribution in [0.2, 0.25) is 0 Å². The van der Waals surface area contributed by atoms with Gasteiger partial charge >= 0.3 is 0 Å². The van der Waals surface area contributed by atoms with Crippen molar-refractivity contribution in [2.24, 2.45) is 0 Å². The van der Waals surface area contributed by atoms with Gasteiger partial charge in [0.05, 0.1) is 14.2 Å². The normalized spacial score (nSPS) is 16.8. The molecule has 0 aliphatic carbocycles. The van der Waals surface area contributed by atoms with Crippen molar-refractivity contribution < 1.29 is 14.3 Å². The van der Waals surface area contributed by atoms with Crippen LogP contribution in [0.3, 0.4) is 0 Å². The molecule has 1 heterocycles. The van der Waals surface area contributed by atoms with Crippen molar-refractivity contribution in [3.63, 3.8) is 0 Å². The van der Waals surface area contributed by atoms with Crippen LogP contribution in [0, 0.1) is 0 Å². The second-order valence-electron chi connectivity index (χ2n) is 8.03. The van der Waals surface area contributed by atoms with Crippen LogP contribution in [0.15, 0.2) is 48.5 Å². The van der Waals surface area contributed by atoms with E-state index in [0.717, 1.165) is 44.5 Å². The van der Waals surface area contributed by atoms with Gasteiger partial charge in [-0.25, -0.2) is 0 Å². The van der Waals surface area contributed by atoms with Gasteiger partial charge in [-0.2, -0.15) is 0 Å². The van der Waals surface area contributed by atoms with Crippen LogP contribution in [-0.2, 0) is 17.6 Å². The van der Waals surface area contributed by atoms with Crippen LogP contribution in [0.1, 0.15) is 30.4 Å². The summed E-state index contributed by atoms with van der Waals surface area (Å²) < 4.78 is 10.7. The van der Waals surface area contributed by atoms with Crippen LogP contribution < -0.4 is 9.47 Å². The number of methoxy groups -OCH3 is 2. The zero-order valence-corrected chi connectivity index (χ0v) is 18.5. The molecule has 3 rings (SSSR count). The van der Waals surface area contributed by atoms with Gasteiger partial charge in [-0.15, -0.1) is 0 Å². The smallest absolute Gasteiger partial charge is 0.222 e. The molecule has 0 saturated carbocycles. The molecular weight excluding hydrogens is 376 g/mol. The van der Waals surface area contributed by atoms with Crippen molar-refractivity contribution in [1.29, 1.82) is 0 Å². The summed E-state index contributed by atoms with van der Waals surface area (Å²) in [5.74, 6) is 1.62. The topological polar surface area (TPSA) is 42.0 Å². The zero-order valence-electron chi connectivity index (χ0n) is 18.5. The van der Waals surface area contributed by atoms with Gasteiger partial charge in [0.25, 0.3) is 0 Å². The first-order valence-corrected chi connectivity index (χ1v) is 10.8. The molecular formula is C25H34N2O3. The summed E-state index contributed by atoms with van der Waals surface area (Å²) in [5.41, 5.74) is 2.46. The molecule has 2 aromatic carbocycles. The van der Waals surface area contributed by atoms with Crippen molar-refractivity contribution >= 4 is 5.91 Å². The van der Waals surface area contributed by atoms with E-state index in [2.05, 4.69) is 35.2 Å². The predicted octanol–water partition coefficient (Wildman–Crippen LogP) is 3.80. The Morgan fingerprint density at radius 3 is 2.53 bits per heavy atom. The van der Waals surface area contributed by atoms with E-state index in [9.17, 15) is 4.79 Å². The Bertz CT molecular complexity index is 809. The molecule has 2 aromatic rings. The summed E-state index contributed by atoms with van der Waals surface area (Å²) in [4.78, 5) is 17.3. The Hall–Kier alpha value is -2.53. The van der Waals surface area contributed by atoms with Crippen LogP contribution in [0.5, 0.6) is 11.5 Å². The number of hydrogen-bond donors (Lipinski definition) is 0. The predicted molar refractivity (Wildman–Crippen MR) is 120 cm³/mol. The van der Waals surface area contributed by atoms with E-state index in [1.165, 1.54) is 5.56 Å². The number of nitrogens with zero attached hydrogens (tertiary/aromatic N) is 2. The Morgan fingerprint density at radius 2 is 1.80 bits per heavy atom. The lowest BCUT2D eigenvalue weighted by atomic mass is 10.0. The fraction of sp³-hybridized carbons (Fsp3) is 0.480. The van der Waals surface area contributed by atoms with Crippen LogP contribution in [0.25, 0.3) is 0 Å². The molecule has 1 atom stereocenters. The van der Waals surface area contributed by atoms with Crippen molar-refractivity contribution in [3.05, 3.63) is 59.7 Å². The highest BCUT2D eigenvalue weighted by Gasteiger charge is 2.25. The molecule has 0 bridgehead atoms. The fourth-order valence-corrected chi connectivity index (χ4v) is 4.15. The zero-order chi connectivity index (χ0) is 21.3. The summed E-state index contributed by atoms with van der Waals surface area (Å²) in [6, 6.07) is 16.8. The molecule has 0 N–H and O–H groups in total. The van der Waals surface area contributed by atoms with Crippen molar-refractivity contribution in [1.82, 2.24) is 9.80 Å². The van der Waals surface area contributed by atoms with Crippen molar-refractivity contribution in [3.8, 4) is 11.5 Å². The monoisotopic (exact) mass is 410 g/mol. The highest BCUT2D eigenvalue weighted by molar-refractivity contribution is 5.76. The maximum absolute atomic E-state index is 12.8. The highest BCUT2D eigenvalue weighted by Crippen LogP contribution is 2.28. The van der Waals surface area contributed by atoms with Gasteiger partial charge in [0, 0.05) is 32.6 Å². The van der Waals surface area contributed by atoms with Gasteiger partial charge in [-0.1, -0.05) is 36.4 Å². The van der Waals surface area contributed by atoms with Gasteiger partial charge in [0.2, 0.25) is 5.91 Å². The number of carbonyl (C=O) groups is 1. The molecule has 5 nitrogen and oxygen atoms in total. The third kappa shape index (κ3) is 5.99. The molecule has 0 unspecified atom stereocenters. The molecule has 5 heteroatoms. The first kappa shape index (κ1) is 22.2. The Balaban J connectivity index is 1.49. The van der Waals surface area contributed by atoms with Gasteiger partial charge in [0.1, 0.15) is 0 Å². The minimum absolute atomic E-state index is 0.208. The first-order valence-electron chi connectivity index (χ1n) is 10.8. The average molecular weight is 411 g/mol. The van der Waals surface area contributed by atoms with Crippen LogP contribution in [0.4, 0.5) is 0 Å². The van der Waals surface area contributed by atoms with E-state index in [1.54, 1.807) is 14.2 Å². The maximum atomic E-state index is 12.8. The molecule has 0 aromatic heterocycles. The third-order valence-corrected chi connectivity index (χ3v) is 6.06. The highest BCUT2D eigenvalue weighted by atomic mass is 16.5. The number of piperidine rings is 1. The molecule has 1 aliphatic heterocycles. The lowest BCUT2D eigenvalue weighted by Gasteiger charge is -2.37. The number of aryl methyl sites for hydroxylation is 1. The molecule has 30 heavy (non-hydrogen) atoms. The number of likely N-dealkylation sites (tertiary alicyclic amines) is 1. The Kier molecular flexibility index (Phi) is 8.14. The largest absolute Gasteiger partial charge is 0.493 e. The summed E-state index contributed by atoms with van der Waals surface area (Å²) in [7, 11) is 5.22. The quantitative estimate of drug-likeness (QED) is 0.631. The maximum Gasteiger partial charge on any atom is 0.222 e. The number of likely N-dealkylation sites (N-methyl/N-ethyl adjacent to an activating group) is 1. The first-order chi connectivity index (χ1) is 14.6. The lowest BCUT2D eigenvalue weighted by molar-refractivity contribution is -0.133. The number of ether oxygens (including phenoxy) is 2. The number of rotatable bonds is 9.